The summed E-state index contributed by atoms with van der Waals surface area (Å²) in [7, 11) is 1.65. The Kier molecular flexibility index (Phi) is 3.73. The van der Waals surface area contributed by atoms with Crippen LogP contribution in [0.2, 0.25) is 0 Å². The van der Waals surface area contributed by atoms with Crippen LogP contribution in [0.25, 0.3) is 10.8 Å². The first-order chi connectivity index (χ1) is 9.78. The Morgan fingerprint density at radius 3 is 2.70 bits per heavy atom. The lowest BCUT2D eigenvalue weighted by atomic mass is 10.1. The minimum atomic E-state index is 0.588. The summed E-state index contributed by atoms with van der Waals surface area (Å²) in [5, 5.41) is 2.01. The summed E-state index contributed by atoms with van der Waals surface area (Å²) in [6.07, 6.45) is 1.75. The third-order valence-corrected chi connectivity index (χ3v) is 3.87. The number of methoxy groups -OCH3 is 1. The molecule has 100 valence electrons. The fraction of sp³-hybridized carbons (Fsp3) is 0.0625. The number of hydrogen-bond donors (Lipinski definition) is 0. The van der Waals surface area contributed by atoms with Crippen molar-refractivity contribution in [1.82, 2.24) is 4.98 Å². The third kappa shape index (κ3) is 2.56. The topological polar surface area (TPSA) is 31.4 Å². The number of halogens is 1. The summed E-state index contributed by atoms with van der Waals surface area (Å²) in [6.45, 7) is 0. The predicted octanol–water partition coefficient (Wildman–Crippen LogP) is 4.64. The van der Waals surface area contributed by atoms with Crippen LogP contribution in [0.5, 0.6) is 17.4 Å². The maximum atomic E-state index is 5.95. The van der Waals surface area contributed by atoms with Crippen LogP contribution in [0, 0.1) is 3.57 Å². The van der Waals surface area contributed by atoms with Gasteiger partial charge in [-0.3, -0.25) is 0 Å². The van der Waals surface area contributed by atoms with Crippen molar-refractivity contribution in [2.75, 3.05) is 7.11 Å². The van der Waals surface area contributed by atoms with Crippen molar-refractivity contribution in [3.63, 3.8) is 0 Å². The summed E-state index contributed by atoms with van der Waals surface area (Å²) in [6, 6.07) is 15.7. The average molecular weight is 377 g/mol. The standard InChI is InChI=1S/C16H12INO2/c1-19-12-7-6-11-8-9-18-16(13(11)10-12)20-15-5-3-2-4-14(15)17/h2-10H,1H3. The number of benzene rings is 2. The Hall–Kier alpha value is -1.82. The van der Waals surface area contributed by atoms with Gasteiger partial charge in [0.15, 0.2) is 0 Å². The number of rotatable bonds is 3. The summed E-state index contributed by atoms with van der Waals surface area (Å²) >= 11 is 2.25. The van der Waals surface area contributed by atoms with E-state index in [-0.39, 0.29) is 0 Å². The van der Waals surface area contributed by atoms with Gasteiger partial charge in [-0.05, 0) is 58.3 Å². The van der Waals surface area contributed by atoms with E-state index in [1.54, 1.807) is 13.3 Å². The van der Waals surface area contributed by atoms with Gasteiger partial charge in [0.2, 0.25) is 5.88 Å². The second-order valence-corrected chi connectivity index (χ2v) is 5.40. The van der Waals surface area contributed by atoms with E-state index in [9.17, 15) is 0 Å². The number of ether oxygens (including phenoxy) is 2. The van der Waals surface area contributed by atoms with E-state index < -0.39 is 0 Å². The first-order valence-electron chi connectivity index (χ1n) is 6.13. The number of aromatic nitrogens is 1. The van der Waals surface area contributed by atoms with Crippen LogP contribution in [0.1, 0.15) is 0 Å². The molecule has 0 radical (unpaired) electrons. The van der Waals surface area contributed by atoms with Gasteiger partial charge in [-0.25, -0.2) is 4.98 Å². The first-order valence-corrected chi connectivity index (χ1v) is 7.21. The van der Waals surface area contributed by atoms with E-state index in [2.05, 4.69) is 27.6 Å². The molecule has 20 heavy (non-hydrogen) atoms. The number of pyridine rings is 1. The number of fused-ring (bicyclic) bond motifs is 1. The quantitative estimate of drug-likeness (QED) is 0.624. The zero-order valence-electron chi connectivity index (χ0n) is 10.8. The lowest BCUT2D eigenvalue weighted by Crippen LogP contribution is -1.92. The largest absolute Gasteiger partial charge is 0.497 e. The molecule has 0 aliphatic rings. The molecule has 0 spiro atoms. The molecule has 0 unspecified atom stereocenters. The van der Waals surface area contributed by atoms with Crippen LogP contribution >= 0.6 is 22.6 Å². The lowest BCUT2D eigenvalue weighted by Gasteiger charge is -2.10. The molecule has 3 aromatic rings. The van der Waals surface area contributed by atoms with Crippen molar-refractivity contribution in [3.8, 4) is 17.4 Å². The van der Waals surface area contributed by atoms with E-state index in [0.29, 0.717) is 5.88 Å². The highest BCUT2D eigenvalue weighted by molar-refractivity contribution is 14.1. The van der Waals surface area contributed by atoms with Crippen molar-refractivity contribution >= 4 is 33.4 Å². The minimum absolute atomic E-state index is 0.588. The van der Waals surface area contributed by atoms with E-state index in [0.717, 1.165) is 25.8 Å². The number of para-hydroxylation sites is 1. The van der Waals surface area contributed by atoms with Gasteiger partial charge in [-0.2, -0.15) is 0 Å². The fourth-order valence-corrected chi connectivity index (χ4v) is 2.46. The summed E-state index contributed by atoms with van der Waals surface area (Å²) in [5.74, 6) is 2.18. The molecule has 0 amide bonds. The fourth-order valence-electron chi connectivity index (χ4n) is 1.96. The van der Waals surface area contributed by atoms with Crippen molar-refractivity contribution in [2.24, 2.45) is 0 Å². The van der Waals surface area contributed by atoms with Crippen LogP contribution in [-0.2, 0) is 0 Å². The van der Waals surface area contributed by atoms with Gasteiger partial charge in [0.05, 0.1) is 10.7 Å². The summed E-state index contributed by atoms with van der Waals surface area (Å²) in [4.78, 5) is 4.34. The van der Waals surface area contributed by atoms with E-state index in [4.69, 9.17) is 9.47 Å². The minimum Gasteiger partial charge on any atom is -0.497 e. The lowest BCUT2D eigenvalue weighted by molar-refractivity contribution is 0.415. The van der Waals surface area contributed by atoms with Gasteiger partial charge in [0.1, 0.15) is 11.5 Å². The molecule has 1 aromatic heterocycles. The van der Waals surface area contributed by atoms with Gasteiger partial charge < -0.3 is 9.47 Å². The van der Waals surface area contributed by atoms with Crippen LogP contribution in [0.3, 0.4) is 0 Å². The van der Waals surface area contributed by atoms with Crippen LogP contribution < -0.4 is 9.47 Å². The van der Waals surface area contributed by atoms with Crippen LogP contribution in [0.15, 0.2) is 54.7 Å². The van der Waals surface area contributed by atoms with E-state index >= 15 is 0 Å². The summed E-state index contributed by atoms with van der Waals surface area (Å²) < 4.78 is 12.3. The molecule has 4 heteroatoms. The van der Waals surface area contributed by atoms with Gasteiger partial charge in [0, 0.05) is 11.6 Å². The molecular formula is C16H12INO2. The van der Waals surface area contributed by atoms with Crippen molar-refractivity contribution in [2.45, 2.75) is 0 Å². The Morgan fingerprint density at radius 1 is 1.05 bits per heavy atom. The Balaban J connectivity index is 2.09. The maximum Gasteiger partial charge on any atom is 0.227 e. The monoisotopic (exact) mass is 377 g/mol. The van der Waals surface area contributed by atoms with Crippen molar-refractivity contribution in [3.05, 3.63) is 58.3 Å². The highest BCUT2D eigenvalue weighted by atomic mass is 127. The summed E-state index contributed by atoms with van der Waals surface area (Å²) in [5.41, 5.74) is 0. The maximum absolute atomic E-state index is 5.95. The van der Waals surface area contributed by atoms with E-state index in [1.165, 1.54) is 0 Å². The zero-order chi connectivity index (χ0) is 13.9. The normalized spacial score (nSPS) is 10.5. The van der Waals surface area contributed by atoms with Gasteiger partial charge in [-0.15, -0.1) is 0 Å². The second-order valence-electron chi connectivity index (χ2n) is 4.24. The Morgan fingerprint density at radius 2 is 1.90 bits per heavy atom. The van der Waals surface area contributed by atoms with Gasteiger partial charge in [-0.1, -0.05) is 18.2 Å². The highest BCUT2D eigenvalue weighted by Crippen LogP contribution is 2.32. The molecule has 0 bridgehead atoms. The van der Waals surface area contributed by atoms with Crippen molar-refractivity contribution in [1.29, 1.82) is 0 Å². The molecule has 0 atom stereocenters. The molecule has 0 saturated heterocycles. The van der Waals surface area contributed by atoms with Crippen LogP contribution in [-0.4, -0.2) is 12.1 Å². The Bertz CT molecular complexity index is 758. The average Bonchev–Trinajstić information content (AvgIpc) is 2.49. The number of hydrogen-bond acceptors (Lipinski definition) is 3. The molecule has 0 fully saturated rings. The van der Waals surface area contributed by atoms with Crippen molar-refractivity contribution < 1.29 is 9.47 Å². The predicted molar refractivity (Wildman–Crippen MR) is 87.5 cm³/mol. The second kappa shape index (κ2) is 5.66. The third-order valence-electron chi connectivity index (χ3n) is 2.98. The molecule has 3 rings (SSSR count). The molecule has 0 N–H and O–H groups in total. The zero-order valence-corrected chi connectivity index (χ0v) is 13.0. The smallest absolute Gasteiger partial charge is 0.227 e. The highest BCUT2D eigenvalue weighted by Gasteiger charge is 2.08. The molecule has 0 saturated carbocycles. The molecular weight excluding hydrogens is 365 g/mol. The molecule has 0 aliphatic heterocycles. The SMILES string of the molecule is COc1ccc2ccnc(Oc3ccccc3I)c2c1. The molecule has 2 aromatic carbocycles. The van der Waals surface area contributed by atoms with E-state index in [1.807, 2.05) is 48.5 Å². The van der Waals surface area contributed by atoms with Gasteiger partial charge >= 0.3 is 0 Å². The molecule has 3 nitrogen and oxygen atoms in total. The molecule has 1 heterocycles. The molecule has 0 aliphatic carbocycles. The Labute approximate surface area is 130 Å². The number of nitrogens with zero attached hydrogens (tertiary/aromatic N) is 1. The first kappa shape index (κ1) is 13.2. The van der Waals surface area contributed by atoms with Crippen LogP contribution in [0.4, 0.5) is 0 Å². The van der Waals surface area contributed by atoms with Gasteiger partial charge in [0.25, 0.3) is 0 Å².